The third-order valence-electron chi connectivity index (χ3n) is 3.77. The van der Waals surface area contributed by atoms with Gasteiger partial charge in [-0.1, -0.05) is 6.42 Å². The number of amides is 1. The molecule has 1 aliphatic heterocycles. The lowest BCUT2D eigenvalue weighted by atomic mass is 9.84. The van der Waals surface area contributed by atoms with Crippen LogP contribution in [0.4, 0.5) is 5.69 Å². The van der Waals surface area contributed by atoms with E-state index in [-0.39, 0.29) is 11.8 Å². The van der Waals surface area contributed by atoms with Crippen LogP contribution < -0.4 is 10.1 Å². The molecule has 1 aliphatic carbocycles. The average Bonchev–Trinajstić information content (AvgIpc) is 2.78. The van der Waals surface area contributed by atoms with Gasteiger partial charge in [0.05, 0.1) is 7.11 Å². The van der Waals surface area contributed by atoms with Crippen LogP contribution in [-0.2, 0) is 4.79 Å². The van der Waals surface area contributed by atoms with Gasteiger partial charge in [0, 0.05) is 11.6 Å². The molecule has 0 spiro atoms. The highest BCUT2D eigenvalue weighted by atomic mass is 16.5. The van der Waals surface area contributed by atoms with Gasteiger partial charge in [0.2, 0.25) is 5.91 Å². The summed E-state index contributed by atoms with van der Waals surface area (Å²) in [6.07, 6.45) is 3.30. The second kappa shape index (κ2) is 3.51. The van der Waals surface area contributed by atoms with Crippen LogP contribution in [0.15, 0.2) is 18.2 Å². The van der Waals surface area contributed by atoms with Crippen LogP contribution in [0.2, 0.25) is 0 Å². The van der Waals surface area contributed by atoms with E-state index in [1.807, 2.05) is 12.1 Å². The lowest BCUT2D eigenvalue weighted by molar-refractivity contribution is -0.120. The van der Waals surface area contributed by atoms with Crippen molar-refractivity contribution in [2.24, 2.45) is 5.92 Å². The maximum Gasteiger partial charge on any atom is 0.228 e. The summed E-state index contributed by atoms with van der Waals surface area (Å²) >= 11 is 0. The van der Waals surface area contributed by atoms with Gasteiger partial charge in [0.15, 0.2) is 0 Å². The SMILES string of the molecule is COc1ccc2c(c1)C1CCCC1C(=O)N2. The minimum absolute atomic E-state index is 0.180. The molecule has 1 fully saturated rings. The number of ether oxygens (including phenoxy) is 1. The van der Waals surface area contributed by atoms with Crippen molar-refractivity contribution in [2.75, 3.05) is 12.4 Å². The molecule has 16 heavy (non-hydrogen) atoms. The van der Waals surface area contributed by atoms with Crippen LogP contribution in [-0.4, -0.2) is 13.0 Å². The second-order valence-electron chi connectivity index (χ2n) is 4.59. The second-order valence-corrected chi connectivity index (χ2v) is 4.59. The molecule has 1 N–H and O–H groups in total. The average molecular weight is 217 g/mol. The lowest BCUT2D eigenvalue weighted by Gasteiger charge is -2.28. The Balaban J connectivity index is 2.08. The van der Waals surface area contributed by atoms with Crippen LogP contribution in [0.3, 0.4) is 0 Å². The molecule has 0 radical (unpaired) electrons. The van der Waals surface area contributed by atoms with Crippen molar-refractivity contribution in [3.8, 4) is 5.75 Å². The number of methoxy groups -OCH3 is 1. The molecule has 3 nitrogen and oxygen atoms in total. The summed E-state index contributed by atoms with van der Waals surface area (Å²) in [7, 11) is 1.68. The smallest absolute Gasteiger partial charge is 0.228 e. The van der Waals surface area contributed by atoms with E-state index in [0.29, 0.717) is 5.92 Å². The predicted octanol–water partition coefficient (Wildman–Crippen LogP) is 2.53. The molecule has 1 aromatic rings. The van der Waals surface area contributed by atoms with Gasteiger partial charge in [0.1, 0.15) is 5.75 Å². The van der Waals surface area contributed by atoms with Gasteiger partial charge in [0.25, 0.3) is 0 Å². The number of hydrogen-bond acceptors (Lipinski definition) is 2. The monoisotopic (exact) mass is 217 g/mol. The van der Waals surface area contributed by atoms with Crippen LogP contribution in [0.25, 0.3) is 0 Å². The molecule has 3 rings (SSSR count). The summed E-state index contributed by atoms with van der Waals surface area (Å²) in [5, 5.41) is 2.99. The van der Waals surface area contributed by atoms with Crippen LogP contribution >= 0.6 is 0 Å². The molecule has 0 saturated heterocycles. The van der Waals surface area contributed by atoms with Gasteiger partial charge in [-0.05, 0) is 42.5 Å². The standard InChI is InChI=1S/C13H15NO2/c1-16-8-5-6-12-11(7-8)9-3-2-4-10(9)13(15)14-12/h5-7,9-10H,2-4H2,1H3,(H,14,15). The Morgan fingerprint density at radius 2 is 2.12 bits per heavy atom. The highest BCUT2D eigenvalue weighted by molar-refractivity contribution is 5.97. The van der Waals surface area contributed by atoms with Crippen molar-refractivity contribution in [2.45, 2.75) is 25.2 Å². The number of hydrogen-bond donors (Lipinski definition) is 1. The van der Waals surface area contributed by atoms with Gasteiger partial charge < -0.3 is 10.1 Å². The fraction of sp³-hybridized carbons (Fsp3) is 0.462. The Hall–Kier alpha value is -1.51. The fourth-order valence-corrected chi connectivity index (χ4v) is 2.96. The Bertz CT molecular complexity index is 442. The predicted molar refractivity (Wildman–Crippen MR) is 61.7 cm³/mol. The van der Waals surface area contributed by atoms with Crippen molar-refractivity contribution < 1.29 is 9.53 Å². The minimum Gasteiger partial charge on any atom is -0.497 e. The molecular formula is C13H15NO2. The Kier molecular flexibility index (Phi) is 2.13. The highest BCUT2D eigenvalue weighted by Gasteiger charge is 2.38. The minimum atomic E-state index is 0.180. The molecule has 84 valence electrons. The molecule has 3 heteroatoms. The normalized spacial score (nSPS) is 26.9. The highest BCUT2D eigenvalue weighted by Crippen LogP contribution is 2.46. The summed E-state index contributed by atoms with van der Waals surface area (Å²) in [6, 6.07) is 5.91. The zero-order valence-corrected chi connectivity index (χ0v) is 9.32. The van der Waals surface area contributed by atoms with Crippen LogP contribution in [0.1, 0.15) is 30.7 Å². The van der Waals surface area contributed by atoms with E-state index in [2.05, 4.69) is 11.4 Å². The van der Waals surface area contributed by atoms with E-state index in [1.165, 1.54) is 5.56 Å². The number of rotatable bonds is 1. The van der Waals surface area contributed by atoms with E-state index in [4.69, 9.17) is 4.74 Å². The molecular weight excluding hydrogens is 202 g/mol. The number of fused-ring (bicyclic) bond motifs is 3. The molecule has 1 aromatic carbocycles. The van der Waals surface area contributed by atoms with Gasteiger partial charge >= 0.3 is 0 Å². The molecule has 2 atom stereocenters. The Morgan fingerprint density at radius 1 is 1.31 bits per heavy atom. The topological polar surface area (TPSA) is 38.3 Å². The summed E-state index contributed by atoms with van der Waals surface area (Å²) in [5.41, 5.74) is 2.22. The molecule has 0 bridgehead atoms. The maximum absolute atomic E-state index is 11.9. The van der Waals surface area contributed by atoms with E-state index >= 15 is 0 Å². The number of anilines is 1. The fourth-order valence-electron chi connectivity index (χ4n) is 2.96. The maximum atomic E-state index is 11.9. The van der Waals surface area contributed by atoms with Crippen molar-refractivity contribution in [3.05, 3.63) is 23.8 Å². The third kappa shape index (κ3) is 1.31. The number of benzene rings is 1. The van der Waals surface area contributed by atoms with E-state index in [1.54, 1.807) is 7.11 Å². The lowest BCUT2D eigenvalue weighted by Crippen LogP contribution is -2.30. The van der Waals surface area contributed by atoms with Crippen molar-refractivity contribution in [1.82, 2.24) is 0 Å². The Morgan fingerprint density at radius 3 is 2.94 bits per heavy atom. The molecule has 1 amide bonds. The number of carbonyl (C=O) groups excluding carboxylic acids is 1. The van der Waals surface area contributed by atoms with Gasteiger partial charge in [-0.3, -0.25) is 4.79 Å². The van der Waals surface area contributed by atoms with Gasteiger partial charge in [-0.15, -0.1) is 0 Å². The molecule has 0 aromatic heterocycles. The van der Waals surface area contributed by atoms with Gasteiger partial charge in [-0.25, -0.2) is 0 Å². The summed E-state index contributed by atoms with van der Waals surface area (Å²) in [5.74, 6) is 1.65. The van der Waals surface area contributed by atoms with Gasteiger partial charge in [-0.2, -0.15) is 0 Å². The molecule has 2 unspecified atom stereocenters. The first-order valence-electron chi connectivity index (χ1n) is 5.78. The van der Waals surface area contributed by atoms with Crippen molar-refractivity contribution in [3.63, 3.8) is 0 Å². The van der Waals surface area contributed by atoms with Crippen molar-refractivity contribution >= 4 is 11.6 Å². The first-order chi connectivity index (χ1) is 7.79. The number of carbonyl (C=O) groups is 1. The third-order valence-corrected chi connectivity index (χ3v) is 3.77. The molecule has 1 heterocycles. The first-order valence-corrected chi connectivity index (χ1v) is 5.78. The zero-order valence-electron chi connectivity index (χ0n) is 9.32. The summed E-state index contributed by atoms with van der Waals surface area (Å²) < 4.78 is 5.24. The van der Waals surface area contributed by atoms with E-state index < -0.39 is 0 Å². The molecule has 1 saturated carbocycles. The van der Waals surface area contributed by atoms with E-state index in [0.717, 1.165) is 30.7 Å². The molecule has 2 aliphatic rings. The van der Waals surface area contributed by atoms with Crippen LogP contribution in [0.5, 0.6) is 5.75 Å². The quantitative estimate of drug-likeness (QED) is 0.785. The summed E-state index contributed by atoms with van der Waals surface area (Å²) in [4.78, 5) is 11.9. The van der Waals surface area contributed by atoms with Crippen molar-refractivity contribution in [1.29, 1.82) is 0 Å². The summed E-state index contributed by atoms with van der Waals surface area (Å²) in [6.45, 7) is 0. The van der Waals surface area contributed by atoms with Crippen LogP contribution in [0, 0.1) is 5.92 Å². The van der Waals surface area contributed by atoms with E-state index in [9.17, 15) is 4.79 Å². The Labute approximate surface area is 94.8 Å². The zero-order chi connectivity index (χ0) is 11.1. The number of nitrogens with one attached hydrogen (secondary N) is 1. The largest absolute Gasteiger partial charge is 0.497 e. The first kappa shape index (κ1) is 9.70.